The van der Waals surface area contributed by atoms with Crippen molar-refractivity contribution in [2.45, 2.75) is 70.9 Å². The zero-order valence-electron chi connectivity index (χ0n) is 10.5. The van der Waals surface area contributed by atoms with Gasteiger partial charge in [0.05, 0.1) is 6.04 Å². The maximum absolute atomic E-state index is 12.0. The van der Waals surface area contributed by atoms with Crippen LogP contribution < -0.4 is 0 Å². The van der Waals surface area contributed by atoms with Gasteiger partial charge in [-0.3, -0.25) is 9.69 Å². The highest BCUT2D eigenvalue weighted by Gasteiger charge is 2.27. The first kappa shape index (κ1) is 12.7. The van der Waals surface area contributed by atoms with Gasteiger partial charge < -0.3 is 0 Å². The monoisotopic (exact) mass is 211 g/mol. The number of nitrogens with zero attached hydrogens (tertiary/aromatic N) is 1. The van der Waals surface area contributed by atoms with E-state index in [1.807, 2.05) is 0 Å². The molecule has 0 heterocycles. The second kappa shape index (κ2) is 6.26. The second-order valence-electron chi connectivity index (χ2n) is 4.72. The second-order valence-corrected chi connectivity index (χ2v) is 4.72. The highest BCUT2D eigenvalue weighted by atomic mass is 16.1. The lowest BCUT2D eigenvalue weighted by Crippen LogP contribution is -2.43. The SMILES string of the molecule is CCC(CC)N(C)C1CCCCCC1=O. The molecule has 0 aromatic rings. The standard InChI is InChI=1S/C13H25NO/c1-4-11(5-2)14(3)12-9-7-6-8-10-13(12)15/h11-12H,4-10H2,1-3H3. The molecule has 0 bridgehead atoms. The molecule has 0 radical (unpaired) electrons. The lowest BCUT2D eigenvalue weighted by molar-refractivity contribution is -0.124. The third-order valence-electron chi connectivity index (χ3n) is 3.78. The first-order valence-electron chi connectivity index (χ1n) is 6.45. The molecule has 1 aliphatic carbocycles. The number of rotatable bonds is 4. The van der Waals surface area contributed by atoms with Gasteiger partial charge in [-0.1, -0.05) is 26.7 Å². The molecule has 1 fully saturated rings. The summed E-state index contributed by atoms with van der Waals surface area (Å²) >= 11 is 0. The number of carbonyl (C=O) groups is 1. The zero-order chi connectivity index (χ0) is 11.3. The molecule has 0 N–H and O–H groups in total. The third-order valence-corrected chi connectivity index (χ3v) is 3.78. The van der Waals surface area contributed by atoms with E-state index in [1.165, 1.54) is 12.8 Å². The molecule has 1 aliphatic rings. The first-order chi connectivity index (χ1) is 7.20. The minimum absolute atomic E-state index is 0.206. The summed E-state index contributed by atoms with van der Waals surface area (Å²) in [4.78, 5) is 14.3. The Morgan fingerprint density at radius 2 is 1.93 bits per heavy atom. The van der Waals surface area contributed by atoms with Gasteiger partial charge in [-0.05, 0) is 32.7 Å². The van der Waals surface area contributed by atoms with Crippen molar-refractivity contribution in [1.29, 1.82) is 0 Å². The van der Waals surface area contributed by atoms with Crippen LogP contribution in [0.2, 0.25) is 0 Å². The molecule has 0 spiro atoms. The van der Waals surface area contributed by atoms with Crippen LogP contribution in [0.5, 0.6) is 0 Å². The number of carbonyl (C=O) groups excluding carboxylic acids is 1. The van der Waals surface area contributed by atoms with Crippen LogP contribution in [-0.4, -0.2) is 29.8 Å². The van der Waals surface area contributed by atoms with Crippen LogP contribution >= 0.6 is 0 Å². The minimum Gasteiger partial charge on any atom is -0.298 e. The van der Waals surface area contributed by atoms with Gasteiger partial charge in [0.15, 0.2) is 0 Å². The smallest absolute Gasteiger partial charge is 0.149 e. The Morgan fingerprint density at radius 3 is 2.53 bits per heavy atom. The molecular formula is C13H25NO. The van der Waals surface area contributed by atoms with E-state index in [0.717, 1.165) is 32.1 Å². The van der Waals surface area contributed by atoms with Gasteiger partial charge in [0.1, 0.15) is 5.78 Å². The number of hydrogen-bond donors (Lipinski definition) is 0. The maximum atomic E-state index is 12.0. The molecular weight excluding hydrogens is 186 g/mol. The summed E-state index contributed by atoms with van der Waals surface area (Å²) in [6, 6.07) is 0.787. The van der Waals surface area contributed by atoms with Crippen molar-refractivity contribution in [3.8, 4) is 0 Å². The molecule has 0 saturated heterocycles. The fourth-order valence-electron chi connectivity index (χ4n) is 2.69. The quantitative estimate of drug-likeness (QED) is 0.666. The normalized spacial score (nSPS) is 23.5. The predicted octanol–water partition coefficient (Wildman–Crippen LogP) is 3.01. The van der Waals surface area contributed by atoms with Gasteiger partial charge >= 0.3 is 0 Å². The van der Waals surface area contributed by atoms with Gasteiger partial charge in [-0.25, -0.2) is 0 Å². The molecule has 0 aliphatic heterocycles. The van der Waals surface area contributed by atoms with Gasteiger partial charge in [0.25, 0.3) is 0 Å². The summed E-state index contributed by atoms with van der Waals surface area (Å²) in [6.45, 7) is 4.43. The van der Waals surface area contributed by atoms with Crippen LogP contribution in [0.4, 0.5) is 0 Å². The molecule has 15 heavy (non-hydrogen) atoms. The van der Waals surface area contributed by atoms with Crippen LogP contribution in [0.25, 0.3) is 0 Å². The molecule has 1 saturated carbocycles. The predicted molar refractivity (Wildman–Crippen MR) is 64.0 cm³/mol. The van der Waals surface area contributed by atoms with Crippen molar-refractivity contribution in [3.63, 3.8) is 0 Å². The molecule has 0 amide bonds. The van der Waals surface area contributed by atoms with Crippen molar-refractivity contribution < 1.29 is 4.79 Å². The summed E-state index contributed by atoms with van der Waals surface area (Å²) in [5.41, 5.74) is 0. The van der Waals surface area contributed by atoms with Crippen LogP contribution in [0.3, 0.4) is 0 Å². The Hall–Kier alpha value is -0.370. The largest absolute Gasteiger partial charge is 0.298 e. The van der Waals surface area contributed by atoms with Crippen molar-refractivity contribution in [1.82, 2.24) is 4.90 Å². The Kier molecular flexibility index (Phi) is 5.30. The number of ketones is 1. The average molecular weight is 211 g/mol. The van der Waals surface area contributed by atoms with Crippen LogP contribution in [0.1, 0.15) is 58.8 Å². The molecule has 88 valence electrons. The van der Waals surface area contributed by atoms with E-state index in [-0.39, 0.29) is 6.04 Å². The molecule has 2 nitrogen and oxygen atoms in total. The summed E-state index contributed by atoms with van der Waals surface area (Å²) in [7, 11) is 2.13. The van der Waals surface area contributed by atoms with Crippen LogP contribution in [0, 0.1) is 0 Å². The summed E-state index contributed by atoms with van der Waals surface area (Å²) in [5, 5.41) is 0. The van der Waals surface area contributed by atoms with Gasteiger partial charge in [0, 0.05) is 12.5 Å². The summed E-state index contributed by atoms with van der Waals surface area (Å²) in [6.07, 6.45) is 7.74. The van der Waals surface area contributed by atoms with E-state index in [2.05, 4.69) is 25.8 Å². The number of hydrogen-bond acceptors (Lipinski definition) is 2. The van der Waals surface area contributed by atoms with E-state index in [9.17, 15) is 4.79 Å². The van der Waals surface area contributed by atoms with E-state index in [1.54, 1.807) is 0 Å². The Balaban J connectivity index is 2.61. The third kappa shape index (κ3) is 3.30. The summed E-state index contributed by atoms with van der Waals surface area (Å²) < 4.78 is 0. The minimum atomic E-state index is 0.206. The molecule has 0 aromatic carbocycles. The lowest BCUT2D eigenvalue weighted by Gasteiger charge is -2.32. The topological polar surface area (TPSA) is 20.3 Å². The average Bonchev–Trinajstić information content (AvgIpc) is 2.44. The first-order valence-corrected chi connectivity index (χ1v) is 6.45. The fraction of sp³-hybridized carbons (Fsp3) is 0.923. The van der Waals surface area contributed by atoms with E-state index in [4.69, 9.17) is 0 Å². The van der Waals surface area contributed by atoms with Gasteiger partial charge in [-0.15, -0.1) is 0 Å². The van der Waals surface area contributed by atoms with Crippen LogP contribution in [-0.2, 0) is 4.79 Å². The lowest BCUT2D eigenvalue weighted by atomic mass is 10.0. The zero-order valence-corrected chi connectivity index (χ0v) is 10.5. The van der Waals surface area contributed by atoms with Gasteiger partial charge in [-0.2, -0.15) is 0 Å². The highest BCUT2D eigenvalue weighted by molar-refractivity contribution is 5.84. The van der Waals surface area contributed by atoms with Crippen LogP contribution in [0.15, 0.2) is 0 Å². The van der Waals surface area contributed by atoms with Crippen molar-refractivity contribution in [2.75, 3.05) is 7.05 Å². The van der Waals surface area contributed by atoms with Gasteiger partial charge in [0.2, 0.25) is 0 Å². The summed E-state index contributed by atoms with van der Waals surface area (Å²) in [5.74, 6) is 0.474. The fourth-order valence-corrected chi connectivity index (χ4v) is 2.69. The van der Waals surface area contributed by atoms with Crippen molar-refractivity contribution >= 4 is 5.78 Å². The Morgan fingerprint density at radius 1 is 1.27 bits per heavy atom. The number of Topliss-reactive ketones (excluding diaryl/α,β-unsaturated/α-hetero) is 1. The van der Waals surface area contributed by atoms with Crippen molar-refractivity contribution in [3.05, 3.63) is 0 Å². The maximum Gasteiger partial charge on any atom is 0.149 e. The van der Waals surface area contributed by atoms with E-state index in [0.29, 0.717) is 11.8 Å². The molecule has 1 atom stereocenters. The molecule has 1 unspecified atom stereocenters. The van der Waals surface area contributed by atoms with E-state index >= 15 is 0 Å². The van der Waals surface area contributed by atoms with Crippen molar-refractivity contribution in [2.24, 2.45) is 0 Å². The number of likely N-dealkylation sites (N-methyl/N-ethyl adjacent to an activating group) is 1. The molecule has 0 aromatic heterocycles. The Labute approximate surface area is 94.0 Å². The highest BCUT2D eigenvalue weighted by Crippen LogP contribution is 2.21. The molecule has 2 heteroatoms. The Bertz CT molecular complexity index is 199. The molecule has 1 rings (SSSR count). The van der Waals surface area contributed by atoms with E-state index < -0.39 is 0 Å².